The second-order valence-corrected chi connectivity index (χ2v) is 7.51. The van der Waals surface area contributed by atoms with Crippen molar-refractivity contribution in [1.82, 2.24) is 10.2 Å². The molecular weight excluding hydrogens is 348 g/mol. The van der Waals surface area contributed by atoms with E-state index in [1.807, 2.05) is 26.0 Å². The van der Waals surface area contributed by atoms with E-state index in [1.165, 1.54) is 16.7 Å². The van der Waals surface area contributed by atoms with E-state index in [9.17, 15) is 4.79 Å². The van der Waals surface area contributed by atoms with Crippen LogP contribution in [0.15, 0.2) is 71.1 Å². The first-order valence-electron chi connectivity index (χ1n) is 9.71. The Balaban J connectivity index is 1.74. The molecule has 0 spiro atoms. The summed E-state index contributed by atoms with van der Waals surface area (Å²) in [6, 6.07) is 22.7. The third-order valence-electron chi connectivity index (χ3n) is 4.46. The summed E-state index contributed by atoms with van der Waals surface area (Å²) in [5, 5.41) is 2.86. The van der Waals surface area contributed by atoms with Crippen LogP contribution in [-0.4, -0.2) is 16.8 Å². The Kier molecular flexibility index (Phi) is 6.66. The van der Waals surface area contributed by atoms with Gasteiger partial charge in [-0.15, -0.1) is 0 Å². The highest BCUT2D eigenvalue weighted by Gasteiger charge is 2.15. The first-order valence-corrected chi connectivity index (χ1v) is 9.71. The van der Waals surface area contributed by atoms with Crippen molar-refractivity contribution in [3.63, 3.8) is 0 Å². The van der Waals surface area contributed by atoms with Crippen LogP contribution in [0.3, 0.4) is 0 Å². The number of aryl methyl sites for hydroxylation is 1. The summed E-state index contributed by atoms with van der Waals surface area (Å²) < 4.78 is 5.82. The standard InChI is InChI=1S/C24H28N2O2/c1-18(2)25-24(27)23-14-13-22(28-23)17-26(15-20-7-5-4-6-8-20)16-21-11-9-19(3)10-12-21/h4-14,18H,15-17H2,1-3H3,(H,25,27). The van der Waals surface area contributed by atoms with E-state index in [-0.39, 0.29) is 11.9 Å². The van der Waals surface area contributed by atoms with Crippen molar-refractivity contribution in [2.24, 2.45) is 0 Å². The first-order chi connectivity index (χ1) is 13.5. The van der Waals surface area contributed by atoms with E-state index in [4.69, 9.17) is 4.42 Å². The number of rotatable bonds is 8. The lowest BCUT2D eigenvalue weighted by Gasteiger charge is -2.21. The third kappa shape index (κ3) is 5.83. The van der Waals surface area contributed by atoms with Crippen LogP contribution >= 0.6 is 0 Å². The predicted octanol–water partition coefficient (Wildman–Crippen LogP) is 4.93. The zero-order valence-corrected chi connectivity index (χ0v) is 16.8. The van der Waals surface area contributed by atoms with Crippen LogP contribution in [-0.2, 0) is 19.6 Å². The molecule has 1 amide bonds. The molecule has 3 rings (SSSR count). The molecule has 0 aliphatic carbocycles. The molecule has 0 aliphatic rings. The minimum Gasteiger partial charge on any atom is -0.455 e. The minimum atomic E-state index is -0.172. The number of benzene rings is 2. The first kappa shape index (κ1) is 19.9. The van der Waals surface area contributed by atoms with Gasteiger partial charge in [0.25, 0.3) is 5.91 Å². The molecule has 0 radical (unpaired) electrons. The Morgan fingerprint density at radius 3 is 2.18 bits per heavy atom. The van der Waals surface area contributed by atoms with Crippen LogP contribution < -0.4 is 5.32 Å². The van der Waals surface area contributed by atoms with E-state index in [0.29, 0.717) is 12.3 Å². The summed E-state index contributed by atoms with van der Waals surface area (Å²) in [6.45, 7) is 8.22. The topological polar surface area (TPSA) is 45.5 Å². The van der Waals surface area contributed by atoms with Crippen LogP contribution in [0.5, 0.6) is 0 Å². The SMILES string of the molecule is Cc1ccc(CN(Cc2ccccc2)Cc2ccc(C(=O)NC(C)C)o2)cc1. The Bertz CT molecular complexity index is 882. The van der Waals surface area contributed by atoms with Crippen molar-refractivity contribution in [3.8, 4) is 0 Å². The summed E-state index contributed by atoms with van der Waals surface area (Å²) in [4.78, 5) is 14.5. The molecule has 4 heteroatoms. The molecule has 0 aliphatic heterocycles. The molecule has 1 heterocycles. The number of nitrogens with one attached hydrogen (secondary N) is 1. The number of furan rings is 1. The summed E-state index contributed by atoms with van der Waals surface area (Å²) in [6.07, 6.45) is 0. The molecule has 146 valence electrons. The fraction of sp³-hybridized carbons (Fsp3) is 0.292. The highest BCUT2D eigenvalue weighted by atomic mass is 16.4. The fourth-order valence-corrected chi connectivity index (χ4v) is 3.10. The van der Waals surface area contributed by atoms with Gasteiger partial charge in [-0.25, -0.2) is 0 Å². The molecule has 0 atom stereocenters. The molecule has 28 heavy (non-hydrogen) atoms. The average Bonchev–Trinajstić information content (AvgIpc) is 3.12. The molecule has 2 aromatic carbocycles. The average molecular weight is 377 g/mol. The van der Waals surface area contributed by atoms with E-state index < -0.39 is 0 Å². The molecule has 0 saturated heterocycles. The van der Waals surface area contributed by atoms with Crippen LogP contribution in [0, 0.1) is 6.92 Å². The van der Waals surface area contributed by atoms with E-state index in [1.54, 1.807) is 6.07 Å². The van der Waals surface area contributed by atoms with Crippen molar-refractivity contribution in [1.29, 1.82) is 0 Å². The second-order valence-electron chi connectivity index (χ2n) is 7.51. The second kappa shape index (κ2) is 9.38. The molecule has 1 aromatic heterocycles. The Hall–Kier alpha value is -2.85. The van der Waals surface area contributed by atoms with Crippen molar-refractivity contribution in [2.75, 3.05) is 0 Å². The van der Waals surface area contributed by atoms with Gasteiger partial charge in [0.05, 0.1) is 6.54 Å². The molecule has 0 unspecified atom stereocenters. The van der Waals surface area contributed by atoms with Crippen LogP contribution in [0.4, 0.5) is 0 Å². The van der Waals surface area contributed by atoms with Gasteiger partial charge >= 0.3 is 0 Å². The van der Waals surface area contributed by atoms with Crippen molar-refractivity contribution >= 4 is 5.91 Å². The van der Waals surface area contributed by atoms with Crippen LogP contribution in [0.2, 0.25) is 0 Å². The van der Waals surface area contributed by atoms with Crippen molar-refractivity contribution in [3.05, 3.63) is 94.9 Å². The molecule has 0 fully saturated rings. The maximum atomic E-state index is 12.1. The van der Waals surface area contributed by atoms with Gasteiger partial charge in [-0.1, -0.05) is 60.2 Å². The molecule has 0 bridgehead atoms. The summed E-state index contributed by atoms with van der Waals surface area (Å²) in [7, 11) is 0. The Morgan fingerprint density at radius 1 is 0.893 bits per heavy atom. The van der Waals surface area contributed by atoms with Gasteiger partial charge in [-0.05, 0) is 44.0 Å². The number of carbonyl (C=O) groups is 1. The molecular formula is C24H28N2O2. The van der Waals surface area contributed by atoms with Gasteiger partial charge in [0.1, 0.15) is 5.76 Å². The van der Waals surface area contributed by atoms with E-state index in [2.05, 4.69) is 65.7 Å². The molecule has 1 N–H and O–H groups in total. The maximum absolute atomic E-state index is 12.1. The van der Waals surface area contributed by atoms with Crippen LogP contribution in [0.25, 0.3) is 0 Å². The number of amides is 1. The van der Waals surface area contributed by atoms with Gasteiger partial charge in [-0.3, -0.25) is 9.69 Å². The third-order valence-corrected chi connectivity index (χ3v) is 4.46. The largest absolute Gasteiger partial charge is 0.455 e. The van der Waals surface area contributed by atoms with Gasteiger partial charge in [0.15, 0.2) is 5.76 Å². The minimum absolute atomic E-state index is 0.0807. The molecule has 3 aromatic rings. The lowest BCUT2D eigenvalue weighted by Crippen LogP contribution is -2.29. The summed E-state index contributed by atoms with van der Waals surface area (Å²) in [5.74, 6) is 0.977. The molecule has 4 nitrogen and oxygen atoms in total. The highest BCUT2D eigenvalue weighted by Crippen LogP contribution is 2.17. The summed E-state index contributed by atoms with van der Waals surface area (Å²) in [5.41, 5.74) is 3.76. The van der Waals surface area contributed by atoms with E-state index in [0.717, 1.165) is 18.8 Å². The summed E-state index contributed by atoms with van der Waals surface area (Å²) >= 11 is 0. The van der Waals surface area contributed by atoms with Crippen molar-refractivity contribution in [2.45, 2.75) is 46.4 Å². The predicted molar refractivity (Wildman–Crippen MR) is 112 cm³/mol. The van der Waals surface area contributed by atoms with Gasteiger partial charge in [0, 0.05) is 19.1 Å². The molecule has 0 saturated carbocycles. The van der Waals surface area contributed by atoms with E-state index >= 15 is 0 Å². The zero-order valence-electron chi connectivity index (χ0n) is 16.8. The number of hydrogen-bond donors (Lipinski definition) is 1. The van der Waals surface area contributed by atoms with Crippen molar-refractivity contribution < 1.29 is 9.21 Å². The number of carbonyl (C=O) groups excluding carboxylic acids is 1. The lowest BCUT2D eigenvalue weighted by molar-refractivity contribution is 0.0910. The maximum Gasteiger partial charge on any atom is 0.287 e. The normalized spacial score (nSPS) is 11.2. The number of nitrogens with zero attached hydrogens (tertiary/aromatic N) is 1. The monoisotopic (exact) mass is 376 g/mol. The smallest absolute Gasteiger partial charge is 0.287 e. The Labute approximate surface area is 167 Å². The fourth-order valence-electron chi connectivity index (χ4n) is 3.10. The van der Waals surface area contributed by atoms with Gasteiger partial charge < -0.3 is 9.73 Å². The highest BCUT2D eigenvalue weighted by molar-refractivity contribution is 5.91. The quantitative estimate of drug-likeness (QED) is 0.606. The van der Waals surface area contributed by atoms with Gasteiger partial charge in [0.2, 0.25) is 0 Å². The lowest BCUT2D eigenvalue weighted by atomic mass is 10.1. The van der Waals surface area contributed by atoms with Crippen LogP contribution in [0.1, 0.15) is 46.9 Å². The Morgan fingerprint density at radius 2 is 1.54 bits per heavy atom. The zero-order chi connectivity index (χ0) is 19.9. The number of hydrogen-bond acceptors (Lipinski definition) is 3. The van der Waals surface area contributed by atoms with Gasteiger partial charge in [-0.2, -0.15) is 0 Å².